The van der Waals surface area contributed by atoms with Crippen LogP contribution in [0.1, 0.15) is 36.4 Å². The van der Waals surface area contributed by atoms with Crippen LogP contribution in [0.4, 0.5) is 0 Å². The number of rotatable bonds is 2. The third kappa shape index (κ3) is 1.86. The number of carbonyl (C=O) groups is 1. The van der Waals surface area contributed by atoms with Gasteiger partial charge in [0.05, 0.1) is 30.3 Å². The van der Waals surface area contributed by atoms with E-state index < -0.39 is 6.10 Å². The van der Waals surface area contributed by atoms with Gasteiger partial charge >= 0.3 is 0 Å². The van der Waals surface area contributed by atoms with E-state index in [0.717, 1.165) is 30.4 Å². The van der Waals surface area contributed by atoms with Crippen LogP contribution in [0.3, 0.4) is 0 Å². The van der Waals surface area contributed by atoms with Gasteiger partial charge < -0.3 is 15.2 Å². The van der Waals surface area contributed by atoms with Gasteiger partial charge in [0, 0.05) is 6.42 Å². The van der Waals surface area contributed by atoms with E-state index in [0.29, 0.717) is 6.42 Å². The minimum atomic E-state index is -0.518. The first-order valence-corrected chi connectivity index (χ1v) is 7.44. The maximum Gasteiger partial charge on any atom is 0.226 e. The zero-order chi connectivity index (χ0) is 13.7. The Kier molecular flexibility index (Phi) is 2.82. The summed E-state index contributed by atoms with van der Waals surface area (Å²) in [4.78, 5) is 12.4. The fraction of sp³-hybridized carbons (Fsp3) is 0.562. The standard InChI is InChI=1S/C16H19NO3/c18-13-7-9-3-1-2-4-11(9)15(13)17-16(19)12-8-10-5-6-14(12)20-10/h1-4,10,12-15,18H,5-8H2,(H,17,19). The van der Waals surface area contributed by atoms with Gasteiger partial charge in [0.2, 0.25) is 5.91 Å². The molecule has 2 aliphatic heterocycles. The molecule has 4 nitrogen and oxygen atoms in total. The molecule has 1 aromatic rings. The lowest BCUT2D eigenvalue weighted by Crippen LogP contribution is -2.40. The molecule has 106 valence electrons. The number of aliphatic hydroxyl groups is 1. The minimum Gasteiger partial charge on any atom is -0.390 e. The van der Waals surface area contributed by atoms with E-state index in [1.54, 1.807) is 0 Å². The Labute approximate surface area is 118 Å². The molecule has 2 fully saturated rings. The average molecular weight is 273 g/mol. The number of nitrogens with one attached hydrogen (secondary N) is 1. The van der Waals surface area contributed by atoms with E-state index in [1.807, 2.05) is 24.3 Å². The van der Waals surface area contributed by atoms with Crippen molar-refractivity contribution in [2.75, 3.05) is 0 Å². The van der Waals surface area contributed by atoms with E-state index in [1.165, 1.54) is 0 Å². The third-order valence-corrected chi connectivity index (χ3v) is 4.94. The van der Waals surface area contributed by atoms with Gasteiger partial charge in [-0.25, -0.2) is 0 Å². The lowest BCUT2D eigenvalue weighted by Gasteiger charge is -2.23. The van der Waals surface area contributed by atoms with Crippen molar-refractivity contribution in [3.63, 3.8) is 0 Å². The molecule has 0 saturated carbocycles. The van der Waals surface area contributed by atoms with Crippen molar-refractivity contribution in [1.82, 2.24) is 5.32 Å². The zero-order valence-corrected chi connectivity index (χ0v) is 11.3. The van der Waals surface area contributed by atoms with Crippen molar-refractivity contribution in [3.8, 4) is 0 Å². The highest BCUT2D eigenvalue weighted by Gasteiger charge is 2.45. The molecule has 0 radical (unpaired) electrons. The topological polar surface area (TPSA) is 58.6 Å². The van der Waals surface area contributed by atoms with Crippen molar-refractivity contribution >= 4 is 5.91 Å². The summed E-state index contributed by atoms with van der Waals surface area (Å²) >= 11 is 0. The average Bonchev–Trinajstić information content (AvgIpc) is 3.14. The fourth-order valence-corrected chi connectivity index (χ4v) is 3.92. The number of benzene rings is 1. The Morgan fingerprint density at radius 2 is 2.15 bits per heavy atom. The molecule has 2 N–H and O–H groups in total. The maximum absolute atomic E-state index is 12.4. The Hall–Kier alpha value is -1.39. The maximum atomic E-state index is 12.4. The van der Waals surface area contributed by atoms with Crippen LogP contribution in [0.15, 0.2) is 24.3 Å². The second kappa shape index (κ2) is 4.57. The fourth-order valence-electron chi connectivity index (χ4n) is 3.92. The molecule has 20 heavy (non-hydrogen) atoms. The number of fused-ring (bicyclic) bond motifs is 3. The second-order valence-corrected chi connectivity index (χ2v) is 6.17. The molecule has 2 heterocycles. The van der Waals surface area contributed by atoms with Crippen molar-refractivity contribution in [1.29, 1.82) is 0 Å². The lowest BCUT2D eigenvalue weighted by molar-refractivity contribution is -0.128. The highest BCUT2D eigenvalue weighted by Crippen LogP contribution is 2.39. The van der Waals surface area contributed by atoms with Gasteiger partial charge in [0.25, 0.3) is 0 Å². The molecule has 2 saturated heterocycles. The predicted molar refractivity (Wildman–Crippen MR) is 73.0 cm³/mol. The summed E-state index contributed by atoms with van der Waals surface area (Å²) in [5.74, 6) is 0.00617. The van der Waals surface area contributed by atoms with Crippen molar-refractivity contribution < 1.29 is 14.6 Å². The summed E-state index contributed by atoms with van der Waals surface area (Å²) < 4.78 is 5.74. The van der Waals surface area contributed by atoms with Crippen molar-refractivity contribution in [2.24, 2.45) is 5.92 Å². The number of hydrogen-bond donors (Lipinski definition) is 2. The largest absolute Gasteiger partial charge is 0.390 e. The number of aliphatic hydroxyl groups excluding tert-OH is 1. The monoisotopic (exact) mass is 273 g/mol. The van der Waals surface area contributed by atoms with Crippen LogP contribution in [0.5, 0.6) is 0 Å². The van der Waals surface area contributed by atoms with Crippen LogP contribution in [0, 0.1) is 5.92 Å². The molecule has 1 aliphatic carbocycles. The molecular weight excluding hydrogens is 254 g/mol. The molecule has 4 rings (SSSR count). The second-order valence-electron chi connectivity index (χ2n) is 6.17. The zero-order valence-electron chi connectivity index (χ0n) is 11.3. The van der Waals surface area contributed by atoms with E-state index in [2.05, 4.69) is 5.32 Å². The Morgan fingerprint density at radius 3 is 2.90 bits per heavy atom. The van der Waals surface area contributed by atoms with Crippen LogP contribution >= 0.6 is 0 Å². The Morgan fingerprint density at radius 1 is 1.30 bits per heavy atom. The highest BCUT2D eigenvalue weighted by atomic mass is 16.5. The van der Waals surface area contributed by atoms with Gasteiger partial charge in [-0.05, 0) is 30.4 Å². The quantitative estimate of drug-likeness (QED) is 0.854. The molecule has 0 aromatic heterocycles. The van der Waals surface area contributed by atoms with E-state index in [9.17, 15) is 9.90 Å². The van der Waals surface area contributed by atoms with Crippen LogP contribution in [0.2, 0.25) is 0 Å². The Balaban J connectivity index is 1.50. The van der Waals surface area contributed by atoms with Gasteiger partial charge in [0.15, 0.2) is 0 Å². The molecule has 5 atom stereocenters. The van der Waals surface area contributed by atoms with Crippen LogP contribution in [-0.4, -0.2) is 29.3 Å². The normalized spacial score (nSPS) is 38.0. The first-order valence-electron chi connectivity index (χ1n) is 7.44. The molecule has 2 bridgehead atoms. The molecular formula is C16H19NO3. The molecule has 1 aromatic carbocycles. The summed E-state index contributed by atoms with van der Waals surface area (Å²) in [5, 5.41) is 13.2. The van der Waals surface area contributed by atoms with E-state index in [4.69, 9.17) is 4.74 Å². The van der Waals surface area contributed by atoms with Gasteiger partial charge in [-0.3, -0.25) is 4.79 Å². The van der Waals surface area contributed by atoms with Crippen LogP contribution in [0.25, 0.3) is 0 Å². The van der Waals surface area contributed by atoms with Gasteiger partial charge in [-0.2, -0.15) is 0 Å². The summed E-state index contributed by atoms with van der Waals surface area (Å²) in [6.07, 6.45) is 3.38. The molecule has 1 amide bonds. The van der Waals surface area contributed by atoms with Gasteiger partial charge in [-0.15, -0.1) is 0 Å². The first kappa shape index (κ1) is 12.4. The Bertz CT molecular complexity index is 544. The summed E-state index contributed by atoms with van der Waals surface area (Å²) in [6, 6.07) is 7.67. The van der Waals surface area contributed by atoms with Gasteiger partial charge in [0.1, 0.15) is 0 Å². The SMILES string of the molecule is O=C(NC1c2ccccc2CC1O)C1CC2CCC1O2. The van der Waals surface area contributed by atoms with Crippen molar-refractivity contribution in [3.05, 3.63) is 35.4 Å². The van der Waals surface area contributed by atoms with E-state index >= 15 is 0 Å². The van der Waals surface area contributed by atoms with Crippen molar-refractivity contribution in [2.45, 2.75) is 50.0 Å². The molecule has 3 aliphatic rings. The smallest absolute Gasteiger partial charge is 0.226 e. The predicted octanol–water partition coefficient (Wildman–Crippen LogP) is 1.33. The van der Waals surface area contributed by atoms with Crippen LogP contribution < -0.4 is 5.32 Å². The number of hydrogen-bond acceptors (Lipinski definition) is 3. The van der Waals surface area contributed by atoms with Crippen LogP contribution in [-0.2, 0) is 16.0 Å². The molecule has 0 spiro atoms. The summed E-state index contributed by atoms with van der Waals surface area (Å²) in [7, 11) is 0. The third-order valence-electron chi connectivity index (χ3n) is 4.94. The summed E-state index contributed by atoms with van der Waals surface area (Å²) in [5.41, 5.74) is 2.19. The molecule has 5 unspecified atom stereocenters. The molecule has 4 heteroatoms. The lowest BCUT2D eigenvalue weighted by atomic mass is 9.88. The number of amides is 1. The summed E-state index contributed by atoms with van der Waals surface area (Å²) in [6.45, 7) is 0. The number of carbonyl (C=O) groups excluding carboxylic acids is 1. The minimum absolute atomic E-state index is 0.0336. The van der Waals surface area contributed by atoms with Gasteiger partial charge in [-0.1, -0.05) is 24.3 Å². The number of ether oxygens (including phenoxy) is 1. The highest BCUT2D eigenvalue weighted by molar-refractivity contribution is 5.80. The first-order chi connectivity index (χ1) is 9.72. The van der Waals surface area contributed by atoms with E-state index in [-0.39, 0.29) is 30.1 Å².